The first-order valence-corrected chi connectivity index (χ1v) is 8.83. The van der Waals surface area contributed by atoms with Crippen LogP contribution >= 0.6 is 11.6 Å². The van der Waals surface area contributed by atoms with Crippen LogP contribution in [0, 0.1) is 11.3 Å². The third-order valence-electron chi connectivity index (χ3n) is 3.11. The fourth-order valence-corrected chi connectivity index (χ4v) is 3.24. The molecule has 0 saturated heterocycles. The van der Waals surface area contributed by atoms with Crippen LogP contribution in [0.2, 0.25) is 5.02 Å². The Kier molecular flexibility index (Phi) is 5.50. The van der Waals surface area contributed by atoms with Crippen LogP contribution in [0.3, 0.4) is 0 Å². The molecule has 0 unspecified atom stereocenters. The zero-order valence-electron chi connectivity index (χ0n) is 12.7. The van der Waals surface area contributed by atoms with Crippen LogP contribution in [-0.2, 0) is 9.84 Å². The molecule has 2 rings (SSSR count). The summed E-state index contributed by atoms with van der Waals surface area (Å²) in [6.45, 7) is 2.10. The molecular weight excluding hydrogens is 350 g/mol. The zero-order chi connectivity index (χ0) is 17.7. The molecule has 2 aromatic rings. The van der Waals surface area contributed by atoms with E-state index in [1.807, 2.05) is 0 Å². The molecule has 0 amide bonds. The molecule has 0 aliphatic heterocycles. The maximum Gasteiger partial charge on any atom is 0.216 e. The molecule has 0 fully saturated rings. The van der Waals surface area contributed by atoms with Crippen molar-refractivity contribution in [3.8, 4) is 17.6 Å². The fraction of sp³-hybridized carbons (Fsp3) is 0.118. The summed E-state index contributed by atoms with van der Waals surface area (Å²) in [5.74, 6) is 0.153. The van der Waals surface area contributed by atoms with Crippen LogP contribution in [0.4, 0.5) is 0 Å². The topological polar surface area (TPSA) is 87.4 Å². The fourth-order valence-electron chi connectivity index (χ4n) is 1.95. The summed E-state index contributed by atoms with van der Waals surface area (Å²) in [4.78, 5) is -0.443. The molecule has 0 saturated carbocycles. The van der Waals surface area contributed by atoms with E-state index in [2.05, 4.69) is 0 Å². The smallest absolute Gasteiger partial charge is 0.216 e. The third-order valence-corrected chi connectivity index (χ3v) is 5.04. The van der Waals surface area contributed by atoms with Crippen LogP contribution in [0.15, 0.2) is 52.3 Å². The molecule has 5 nitrogen and oxygen atoms in total. The van der Waals surface area contributed by atoms with E-state index in [-0.39, 0.29) is 16.4 Å². The van der Waals surface area contributed by atoms with Gasteiger partial charge in [0.2, 0.25) is 9.84 Å². The van der Waals surface area contributed by atoms with Gasteiger partial charge in [-0.3, -0.25) is 0 Å². The van der Waals surface area contributed by atoms with Crippen LogP contribution in [0.1, 0.15) is 12.5 Å². The number of sulfone groups is 1. The summed E-state index contributed by atoms with van der Waals surface area (Å²) >= 11 is 5.75. The summed E-state index contributed by atoms with van der Waals surface area (Å²) in [6, 6.07) is 11.6. The zero-order valence-corrected chi connectivity index (χ0v) is 14.3. The molecule has 0 spiro atoms. The Morgan fingerprint density at radius 1 is 1.29 bits per heavy atom. The van der Waals surface area contributed by atoms with Crippen molar-refractivity contribution in [2.45, 2.75) is 11.8 Å². The van der Waals surface area contributed by atoms with Gasteiger partial charge in [0.25, 0.3) is 0 Å². The van der Waals surface area contributed by atoms with Gasteiger partial charge in [-0.05, 0) is 55.0 Å². The van der Waals surface area contributed by atoms with Crippen LogP contribution in [0.25, 0.3) is 6.08 Å². The second-order valence-corrected chi connectivity index (χ2v) is 7.09. The van der Waals surface area contributed by atoms with E-state index in [1.165, 1.54) is 48.5 Å². The van der Waals surface area contributed by atoms with E-state index in [9.17, 15) is 18.8 Å². The van der Waals surface area contributed by atoms with E-state index in [0.29, 0.717) is 17.2 Å². The highest BCUT2D eigenvalue weighted by Crippen LogP contribution is 2.29. The molecule has 0 bridgehead atoms. The van der Waals surface area contributed by atoms with E-state index in [1.54, 1.807) is 13.0 Å². The van der Waals surface area contributed by atoms with Gasteiger partial charge in [0, 0.05) is 5.02 Å². The SMILES string of the molecule is CCOc1cc(/C=C(\C#N)S(=O)(=O)c2ccc(Cl)cc2)ccc1O. The first-order valence-electron chi connectivity index (χ1n) is 6.96. The molecule has 2 aromatic carbocycles. The lowest BCUT2D eigenvalue weighted by atomic mass is 10.2. The van der Waals surface area contributed by atoms with Gasteiger partial charge in [-0.1, -0.05) is 17.7 Å². The standard InChI is InChI=1S/C17H14ClNO4S/c1-2-23-17-10-12(3-8-16(17)20)9-15(11-19)24(21,22)14-6-4-13(18)5-7-14/h3-10,20H,2H2,1H3/b15-9+. The lowest BCUT2D eigenvalue weighted by Gasteiger charge is -2.07. The Bertz CT molecular complexity index is 913. The molecule has 0 atom stereocenters. The van der Waals surface area contributed by atoms with E-state index in [0.717, 1.165) is 0 Å². The number of rotatable bonds is 5. The molecule has 0 aromatic heterocycles. The first-order chi connectivity index (χ1) is 11.4. The molecule has 1 N–H and O–H groups in total. The van der Waals surface area contributed by atoms with Crippen LogP contribution < -0.4 is 4.74 Å². The van der Waals surface area contributed by atoms with Crippen molar-refractivity contribution in [1.29, 1.82) is 5.26 Å². The predicted molar refractivity (Wildman–Crippen MR) is 91.5 cm³/mol. The largest absolute Gasteiger partial charge is 0.504 e. The van der Waals surface area contributed by atoms with Crippen molar-refractivity contribution in [3.05, 3.63) is 58.0 Å². The molecule has 124 valence electrons. The maximum atomic E-state index is 12.5. The Morgan fingerprint density at radius 2 is 1.96 bits per heavy atom. The highest BCUT2D eigenvalue weighted by Gasteiger charge is 2.21. The monoisotopic (exact) mass is 363 g/mol. The molecular formula is C17H14ClNO4S. The number of phenolic OH excluding ortho intramolecular Hbond substituents is 1. The van der Waals surface area contributed by atoms with Crippen molar-refractivity contribution in [2.24, 2.45) is 0 Å². The second-order valence-electron chi connectivity index (χ2n) is 4.74. The normalized spacial score (nSPS) is 11.8. The predicted octanol–water partition coefficient (Wildman–Crippen LogP) is 3.78. The third kappa shape index (κ3) is 3.88. The molecule has 24 heavy (non-hydrogen) atoms. The van der Waals surface area contributed by atoms with Crippen molar-refractivity contribution in [1.82, 2.24) is 0 Å². The number of hydrogen-bond donors (Lipinski definition) is 1. The molecule has 0 aliphatic carbocycles. The number of allylic oxidation sites excluding steroid dienone is 1. The van der Waals surface area contributed by atoms with E-state index >= 15 is 0 Å². The van der Waals surface area contributed by atoms with Crippen molar-refractivity contribution in [3.63, 3.8) is 0 Å². The van der Waals surface area contributed by atoms with Crippen LogP contribution in [-0.4, -0.2) is 20.1 Å². The van der Waals surface area contributed by atoms with Gasteiger partial charge >= 0.3 is 0 Å². The van der Waals surface area contributed by atoms with Crippen LogP contribution in [0.5, 0.6) is 11.5 Å². The highest BCUT2D eigenvalue weighted by atomic mass is 35.5. The van der Waals surface area contributed by atoms with Gasteiger partial charge in [-0.15, -0.1) is 0 Å². The van der Waals surface area contributed by atoms with E-state index in [4.69, 9.17) is 16.3 Å². The number of halogens is 1. The number of benzene rings is 2. The average molecular weight is 364 g/mol. The Balaban J connectivity index is 2.48. The lowest BCUT2D eigenvalue weighted by molar-refractivity contribution is 0.318. The number of nitrogens with zero attached hydrogens (tertiary/aromatic N) is 1. The maximum absolute atomic E-state index is 12.5. The molecule has 0 aliphatic rings. The minimum absolute atomic E-state index is 0.0245. The highest BCUT2D eigenvalue weighted by molar-refractivity contribution is 7.95. The van der Waals surface area contributed by atoms with Crippen molar-refractivity contribution < 1.29 is 18.3 Å². The minimum Gasteiger partial charge on any atom is -0.504 e. The van der Waals surface area contributed by atoms with Gasteiger partial charge in [0.1, 0.15) is 11.0 Å². The molecule has 7 heteroatoms. The van der Waals surface area contributed by atoms with Gasteiger partial charge in [0.05, 0.1) is 11.5 Å². The average Bonchev–Trinajstić information content (AvgIpc) is 2.56. The van der Waals surface area contributed by atoms with Crippen molar-refractivity contribution in [2.75, 3.05) is 6.61 Å². The Hall–Kier alpha value is -2.49. The summed E-state index contributed by atoms with van der Waals surface area (Å²) in [7, 11) is -3.96. The van der Waals surface area contributed by atoms with Gasteiger partial charge in [0.15, 0.2) is 11.5 Å². The Morgan fingerprint density at radius 3 is 2.54 bits per heavy atom. The van der Waals surface area contributed by atoms with Gasteiger partial charge < -0.3 is 9.84 Å². The number of aromatic hydroxyl groups is 1. The summed E-state index contributed by atoms with van der Waals surface area (Å²) in [5.41, 5.74) is 0.422. The summed E-state index contributed by atoms with van der Waals surface area (Å²) in [5, 5.41) is 19.3. The second kappa shape index (κ2) is 7.39. The molecule has 0 heterocycles. The lowest BCUT2D eigenvalue weighted by Crippen LogP contribution is -2.03. The van der Waals surface area contributed by atoms with Crippen molar-refractivity contribution >= 4 is 27.5 Å². The summed E-state index contributed by atoms with van der Waals surface area (Å²) < 4.78 is 30.3. The van der Waals surface area contributed by atoms with Gasteiger partial charge in [-0.2, -0.15) is 5.26 Å². The first kappa shape index (κ1) is 17.9. The quantitative estimate of drug-likeness (QED) is 0.817. The summed E-state index contributed by atoms with van der Waals surface area (Å²) in [6.07, 6.45) is 1.23. The minimum atomic E-state index is -3.96. The number of hydrogen-bond acceptors (Lipinski definition) is 5. The van der Waals surface area contributed by atoms with Gasteiger partial charge in [-0.25, -0.2) is 8.42 Å². The van der Waals surface area contributed by atoms with E-state index < -0.39 is 14.7 Å². The number of ether oxygens (including phenoxy) is 1. The number of nitriles is 1. The molecule has 0 radical (unpaired) electrons. The Labute approximate surface area is 145 Å². The number of phenols is 1.